The van der Waals surface area contributed by atoms with Crippen molar-refractivity contribution in [3.05, 3.63) is 0 Å². The van der Waals surface area contributed by atoms with Crippen LogP contribution in [0.2, 0.25) is 0 Å². The van der Waals surface area contributed by atoms with Crippen molar-refractivity contribution in [3.8, 4) is 0 Å². The van der Waals surface area contributed by atoms with Gasteiger partial charge < -0.3 is 0 Å². The molecule has 0 radical (unpaired) electrons. The predicted molar refractivity (Wildman–Crippen MR) is 49.6 cm³/mol. The van der Waals surface area contributed by atoms with Crippen LogP contribution in [-0.4, -0.2) is 51.5 Å². The molecule has 2 nitrogen and oxygen atoms in total. The summed E-state index contributed by atoms with van der Waals surface area (Å²) in [6.07, 6.45) is 2.49. The molecule has 0 aliphatic carbocycles. The van der Waals surface area contributed by atoms with Crippen LogP contribution in [0.25, 0.3) is 0 Å². The van der Waals surface area contributed by atoms with Crippen molar-refractivity contribution in [2.24, 2.45) is 5.92 Å². The summed E-state index contributed by atoms with van der Waals surface area (Å²) >= 11 is -0.667. The zero-order valence-corrected chi connectivity index (χ0v) is 17.0. The average Bonchev–Trinajstić information content (AvgIpc) is 1.99. The molecule has 10 heavy (non-hydrogen) atoms. The Bertz CT molecular complexity index is 66.8. The van der Waals surface area contributed by atoms with Gasteiger partial charge in [0.1, 0.15) is 0 Å². The number of rotatable bonds is 6. The van der Waals surface area contributed by atoms with Crippen molar-refractivity contribution in [1.29, 1.82) is 0 Å². The molecule has 0 N–H and O–H groups in total. The molecule has 0 aromatic heterocycles. The third-order valence-corrected chi connectivity index (χ3v) is 8.04. The maximum atomic E-state index is 5.47. The van der Waals surface area contributed by atoms with E-state index in [-0.39, 0.29) is 0 Å². The molecule has 0 amide bonds. The summed E-state index contributed by atoms with van der Waals surface area (Å²) < 4.78 is 10.6. The van der Waals surface area contributed by atoms with Gasteiger partial charge in [0.2, 0.25) is 0 Å². The van der Waals surface area contributed by atoms with Crippen LogP contribution in [0.3, 0.4) is 0 Å². The normalized spacial score (nSPS) is 12.3. The van der Waals surface area contributed by atoms with Gasteiger partial charge in [0.15, 0.2) is 0 Å². The topological polar surface area (TPSA) is 18.5 Å². The molecule has 4 heteroatoms. The Morgan fingerprint density at radius 1 is 1.40 bits per heavy atom. The van der Waals surface area contributed by atoms with Crippen molar-refractivity contribution in [1.82, 2.24) is 0 Å². The summed E-state index contributed by atoms with van der Waals surface area (Å²) in [6, 6.07) is 0. The van der Waals surface area contributed by atoms with Gasteiger partial charge in [-0.3, -0.25) is 0 Å². The fraction of sp³-hybridized carbons (Fsp3) is 1.00. The van der Waals surface area contributed by atoms with Gasteiger partial charge in [-0.2, -0.15) is 0 Å². The van der Waals surface area contributed by atoms with Crippen molar-refractivity contribution in [2.45, 2.75) is 26.7 Å². The molecule has 0 saturated heterocycles. The molecule has 0 heterocycles. The van der Waals surface area contributed by atoms with Gasteiger partial charge in [-0.15, -0.1) is 0 Å². The first-order valence-electron chi connectivity index (χ1n) is 3.91. The molecule has 0 aliphatic rings. The first kappa shape index (κ1) is 11.5. The average molecular weight is 360 g/mol. The quantitative estimate of drug-likeness (QED) is 0.480. The fourth-order valence-electron chi connectivity index (χ4n) is 0.822. The van der Waals surface area contributed by atoms with Gasteiger partial charge in [0, 0.05) is 0 Å². The third kappa shape index (κ3) is 6.24. The Balaban J connectivity index is 3.09. The summed E-state index contributed by atoms with van der Waals surface area (Å²) in [7, 11) is 0. The van der Waals surface area contributed by atoms with Gasteiger partial charge in [-0.1, -0.05) is 0 Å². The van der Waals surface area contributed by atoms with Gasteiger partial charge >= 0.3 is 88.6 Å². The number of hydrogen-bond acceptors (Lipinski definition) is 2. The molecule has 0 unspecified atom stereocenters. The molecule has 0 rings (SSSR count). The number of hydrogen-bond donors (Lipinski definition) is 0. The van der Waals surface area contributed by atoms with Gasteiger partial charge in [-0.25, -0.2) is 0 Å². The Labute approximate surface area is 88.0 Å². The molecule has 0 aromatic rings. The van der Waals surface area contributed by atoms with Crippen LogP contribution >= 0.6 is 0 Å². The zero-order chi connectivity index (χ0) is 7.82. The molecule has 0 aliphatic heterocycles. The van der Waals surface area contributed by atoms with E-state index >= 15 is 0 Å². The molecular formula is C6H18O2Sn2. The minimum atomic E-state index is -1.09. The van der Waals surface area contributed by atoms with E-state index in [1.807, 2.05) is 0 Å². The van der Waals surface area contributed by atoms with E-state index in [2.05, 4.69) is 13.8 Å². The molecule has 0 fully saturated rings. The Kier molecular flexibility index (Phi) is 9.92. The van der Waals surface area contributed by atoms with E-state index in [1.54, 1.807) is 0 Å². The summed E-state index contributed by atoms with van der Waals surface area (Å²) in [6.45, 7) is 5.40. The van der Waals surface area contributed by atoms with Crippen LogP contribution in [0, 0.1) is 5.92 Å². The van der Waals surface area contributed by atoms with Crippen molar-refractivity contribution in [3.63, 3.8) is 0 Å². The second-order valence-corrected chi connectivity index (χ2v) is 17.0. The standard InChI is InChI=1S/C6H13O.O.2Sn.5H/c1-3-6(4-2)5-7;;;;;;;;/h6H,3-5H2,1-2H3;;;;;;;;/q-1;;;+1;;;;;. The van der Waals surface area contributed by atoms with Crippen LogP contribution in [-0.2, 0) is 4.49 Å². The zero-order valence-electron chi connectivity index (χ0n) is 7.22. The van der Waals surface area contributed by atoms with E-state index in [4.69, 9.17) is 4.49 Å². The second kappa shape index (κ2) is 8.61. The Morgan fingerprint density at radius 3 is 2.40 bits per heavy atom. The van der Waals surface area contributed by atoms with Gasteiger partial charge in [0.25, 0.3) is 0 Å². The van der Waals surface area contributed by atoms with Crippen molar-refractivity contribution >= 4 is 44.9 Å². The molecule has 0 bridgehead atoms. The third-order valence-electron chi connectivity index (χ3n) is 1.71. The van der Waals surface area contributed by atoms with E-state index in [9.17, 15) is 0 Å². The fourth-order valence-corrected chi connectivity index (χ4v) is 5.72. The van der Waals surface area contributed by atoms with Crippen LogP contribution < -0.4 is 0 Å². The van der Waals surface area contributed by atoms with E-state index in [1.165, 1.54) is 12.8 Å². The molecule has 0 atom stereocenters. The molecule has 0 saturated carbocycles. The van der Waals surface area contributed by atoms with Crippen molar-refractivity contribution < 1.29 is 4.49 Å². The van der Waals surface area contributed by atoms with Crippen molar-refractivity contribution in [2.75, 3.05) is 6.61 Å². The SMILES string of the molecule is CCC(CC)C[O][SnH2][O][SnH3]. The molecular weight excluding hydrogens is 341 g/mol. The summed E-state index contributed by atoms with van der Waals surface area (Å²) in [4.78, 5) is 0. The Morgan fingerprint density at radius 2 is 2.00 bits per heavy atom. The molecule has 0 spiro atoms. The van der Waals surface area contributed by atoms with E-state index < -0.39 is 22.0 Å². The second-order valence-electron chi connectivity index (χ2n) is 2.46. The van der Waals surface area contributed by atoms with E-state index in [0.29, 0.717) is 22.9 Å². The summed E-state index contributed by atoms with van der Waals surface area (Å²) in [5.41, 5.74) is 0. The first-order chi connectivity index (χ1) is 4.85. The van der Waals surface area contributed by atoms with Crippen LogP contribution in [0.4, 0.5) is 0 Å². The molecule has 62 valence electrons. The van der Waals surface area contributed by atoms with Crippen LogP contribution in [0.15, 0.2) is 0 Å². The van der Waals surface area contributed by atoms with Gasteiger partial charge in [0.05, 0.1) is 0 Å². The first-order valence-corrected chi connectivity index (χ1v) is 9.54. The van der Waals surface area contributed by atoms with Gasteiger partial charge in [-0.05, 0) is 0 Å². The molecule has 0 aromatic carbocycles. The van der Waals surface area contributed by atoms with E-state index in [0.717, 1.165) is 12.5 Å². The summed E-state index contributed by atoms with van der Waals surface area (Å²) in [5.74, 6) is 0.780. The van der Waals surface area contributed by atoms with Crippen LogP contribution in [0.5, 0.6) is 0 Å². The maximum absolute atomic E-state index is 5.47. The van der Waals surface area contributed by atoms with Crippen LogP contribution in [0.1, 0.15) is 26.7 Å². The summed E-state index contributed by atoms with van der Waals surface area (Å²) in [5, 5.41) is 0. The Hall–Kier alpha value is 1.52. The predicted octanol–water partition coefficient (Wildman–Crippen LogP) is -0.265. The monoisotopic (exact) mass is 362 g/mol. The minimum absolute atomic E-state index is 0.426.